The van der Waals surface area contributed by atoms with Crippen LogP contribution in [-0.4, -0.2) is 59.7 Å². The van der Waals surface area contributed by atoms with Crippen LogP contribution < -0.4 is 28.4 Å². The lowest BCUT2D eigenvalue weighted by molar-refractivity contribution is 0.0724. The summed E-state index contributed by atoms with van der Waals surface area (Å²) in [6, 6.07) is 42.5. The zero-order valence-electron chi connectivity index (χ0n) is 60.0. The van der Waals surface area contributed by atoms with E-state index in [4.69, 9.17) is 28.4 Å². The van der Waals surface area contributed by atoms with E-state index in [2.05, 4.69) is 77.4 Å². The van der Waals surface area contributed by atoms with Crippen LogP contribution in [0.3, 0.4) is 0 Å². The molecule has 0 aliphatic rings. The molecule has 2 atom stereocenters. The number of hydrogen-bond donors (Lipinski definition) is 0. The highest BCUT2D eigenvalue weighted by Crippen LogP contribution is 2.37. The van der Waals surface area contributed by atoms with Gasteiger partial charge in [-0.1, -0.05) is 255 Å². The Balaban J connectivity index is 0.726. The fourth-order valence-electron chi connectivity index (χ4n) is 12.7. The molecule has 6 rings (SSSR count). The van der Waals surface area contributed by atoms with Crippen LogP contribution in [0, 0.1) is 11.6 Å². The molecule has 0 spiro atoms. The molecule has 13 heteroatoms. The van der Waals surface area contributed by atoms with Crippen LogP contribution >= 0.6 is 0 Å². The van der Waals surface area contributed by atoms with Crippen LogP contribution in [0.15, 0.2) is 133 Å². The highest BCUT2D eigenvalue weighted by Gasteiger charge is 2.50. The van der Waals surface area contributed by atoms with Crippen LogP contribution in [0.2, 0.25) is 51.4 Å². The minimum absolute atomic E-state index is 0.101. The van der Waals surface area contributed by atoms with E-state index in [1.54, 1.807) is 36.4 Å². The van der Waals surface area contributed by atoms with Gasteiger partial charge in [0.25, 0.3) is 0 Å². The predicted molar refractivity (Wildman–Crippen MR) is 400 cm³/mol. The maximum atomic E-state index is 14.9. The number of benzene rings is 6. The zero-order valence-corrected chi connectivity index (χ0v) is 63.0. The lowest BCUT2D eigenvalue weighted by Gasteiger charge is -2.49. The van der Waals surface area contributed by atoms with Gasteiger partial charge >= 0.3 is 11.9 Å². The van der Waals surface area contributed by atoms with Crippen molar-refractivity contribution >= 4 is 34.2 Å². The molecule has 0 amide bonds. The van der Waals surface area contributed by atoms with Crippen molar-refractivity contribution in [1.82, 2.24) is 0 Å². The summed E-state index contributed by atoms with van der Waals surface area (Å²) in [6.45, 7) is 26.3. The fourth-order valence-corrected chi connectivity index (χ4v) is 47.1. The Morgan fingerprint density at radius 1 is 0.358 bits per heavy atom. The smallest absolute Gasteiger partial charge is 0.343 e. The highest BCUT2D eigenvalue weighted by atomic mass is 29.6. The van der Waals surface area contributed by atoms with E-state index in [9.17, 15) is 18.4 Å². The molecule has 520 valence electrons. The molecule has 8 nitrogen and oxygen atoms in total. The van der Waals surface area contributed by atoms with Gasteiger partial charge in [-0.25, -0.2) is 18.4 Å². The number of carbonyl (C=O) groups excluding carboxylic acids is 2. The molecule has 0 radical (unpaired) electrons. The third kappa shape index (κ3) is 27.4. The Morgan fingerprint density at radius 2 is 0.642 bits per heavy atom. The summed E-state index contributed by atoms with van der Waals surface area (Å²) in [5, 5.41) is 0. The summed E-state index contributed by atoms with van der Waals surface area (Å²) in [4.78, 5) is 25.7. The summed E-state index contributed by atoms with van der Waals surface area (Å²) < 4.78 is 64.7. The Morgan fingerprint density at radius 3 is 0.947 bits per heavy atom. The lowest BCUT2D eigenvalue weighted by Crippen LogP contribution is -2.69. The molecule has 6 aromatic carbocycles. The summed E-state index contributed by atoms with van der Waals surface area (Å²) in [6.07, 6.45) is 34.1. The predicted octanol–water partition coefficient (Wildman–Crippen LogP) is 25.0. The van der Waals surface area contributed by atoms with Crippen molar-refractivity contribution in [1.29, 1.82) is 0 Å². The molecular weight excluding hydrogens is 1240 g/mol. The molecule has 2 unspecified atom stereocenters. The molecule has 0 saturated heterocycles. The summed E-state index contributed by atoms with van der Waals surface area (Å²) in [5.74, 6) is 0.467. The average Bonchev–Trinajstić information content (AvgIpc) is 0.784. The van der Waals surface area contributed by atoms with Gasteiger partial charge in [0.15, 0.2) is 23.1 Å². The molecule has 95 heavy (non-hydrogen) atoms. The van der Waals surface area contributed by atoms with Crippen LogP contribution in [0.1, 0.15) is 228 Å². The van der Waals surface area contributed by atoms with Gasteiger partial charge in [-0.05, 0) is 160 Å². The molecule has 0 fully saturated rings. The second kappa shape index (κ2) is 41.9. The second-order valence-electron chi connectivity index (χ2n) is 28.7. The maximum absolute atomic E-state index is 14.9. The first-order chi connectivity index (χ1) is 45.8. The van der Waals surface area contributed by atoms with Crippen LogP contribution in [0.5, 0.6) is 34.5 Å². The van der Waals surface area contributed by atoms with Crippen LogP contribution in [0.25, 0.3) is 22.3 Å². The van der Waals surface area contributed by atoms with Crippen molar-refractivity contribution in [2.45, 2.75) is 271 Å². The Labute approximate surface area is 575 Å². The monoisotopic (exact) mass is 1350 g/mol. The molecule has 0 bridgehead atoms. The van der Waals surface area contributed by atoms with Crippen LogP contribution in [0.4, 0.5) is 8.78 Å². The van der Waals surface area contributed by atoms with Crippen molar-refractivity contribution in [2.75, 3.05) is 13.2 Å². The van der Waals surface area contributed by atoms with Gasteiger partial charge < -0.3 is 28.4 Å². The Hall–Kier alpha value is -6.03. The molecule has 0 aliphatic carbocycles. The van der Waals surface area contributed by atoms with Gasteiger partial charge in [0.05, 0.1) is 36.5 Å². The quantitative estimate of drug-likeness (QED) is 0.0162. The van der Waals surface area contributed by atoms with Gasteiger partial charge in [0.1, 0.15) is 23.0 Å². The second-order valence-corrected chi connectivity index (χ2v) is 57.6. The topological polar surface area (TPSA) is 89.5 Å². The zero-order chi connectivity index (χ0) is 68.3. The number of halogens is 2. The van der Waals surface area contributed by atoms with Crippen molar-refractivity contribution in [3.05, 3.63) is 156 Å². The molecule has 0 aromatic heterocycles. The molecule has 0 aliphatic heterocycles. The Bertz CT molecular complexity index is 2920. The third-order valence-corrected chi connectivity index (χ3v) is 64.2. The summed E-state index contributed by atoms with van der Waals surface area (Å²) >= 11 is 0. The number of carbonyl (C=O) groups is 2. The first-order valence-corrected chi connectivity index (χ1v) is 48.2. The van der Waals surface area contributed by atoms with E-state index in [0.29, 0.717) is 11.5 Å². The summed E-state index contributed by atoms with van der Waals surface area (Å²) in [7, 11) is -3.76. The first-order valence-electron chi connectivity index (χ1n) is 36.8. The van der Waals surface area contributed by atoms with Gasteiger partial charge in [-0.2, -0.15) is 0 Å². The minimum Gasteiger partial charge on any atom is -0.494 e. The van der Waals surface area contributed by atoms with E-state index in [-0.39, 0.29) is 34.8 Å². The molecule has 0 N–H and O–H groups in total. The third-order valence-electron chi connectivity index (χ3n) is 20.2. The largest absolute Gasteiger partial charge is 0.494 e. The number of hydrogen-bond acceptors (Lipinski definition) is 8. The van der Waals surface area contributed by atoms with Gasteiger partial charge in [-0.3, -0.25) is 0 Å². The number of esters is 2. The molecular formula is C82H118F2O8Si3. The van der Waals surface area contributed by atoms with Gasteiger partial charge in [0, 0.05) is 22.3 Å². The van der Waals surface area contributed by atoms with Crippen molar-refractivity contribution in [2.24, 2.45) is 0 Å². The van der Waals surface area contributed by atoms with Gasteiger partial charge in [-0.15, -0.1) is 0 Å². The molecule has 6 aromatic rings. The highest BCUT2D eigenvalue weighted by molar-refractivity contribution is 7.68. The van der Waals surface area contributed by atoms with Crippen molar-refractivity contribution in [3.63, 3.8) is 0 Å². The van der Waals surface area contributed by atoms with Crippen LogP contribution in [-0.2, 0) is 0 Å². The maximum Gasteiger partial charge on any atom is 0.343 e. The molecule has 0 heterocycles. The summed E-state index contributed by atoms with van der Waals surface area (Å²) in [5.41, 5.74) is 4.35. The van der Waals surface area contributed by atoms with E-state index in [1.165, 1.54) is 165 Å². The normalized spacial score (nSPS) is 12.5. The number of ether oxygens (including phenoxy) is 6. The number of rotatable bonds is 48. The Kier molecular flexibility index (Phi) is 34.4. The average molecular weight is 1350 g/mol. The van der Waals surface area contributed by atoms with Crippen molar-refractivity contribution in [3.8, 4) is 56.8 Å². The first kappa shape index (κ1) is 78.0. The fraction of sp³-hybridized carbons (Fsp3) is 0.537. The van der Waals surface area contributed by atoms with Crippen molar-refractivity contribution < 1.29 is 46.8 Å². The molecule has 0 saturated carbocycles. The van der Waals surface area contributed by atoms with Gasteiger partial charge in [0.2, 0.25) is 0 Å². The van der Waals surface area contributed by atoms with E-state index < -0.39 is 45.9 Å². The lowest BCUT2D eigenvalue weighted by atomic mass is 10.1. The van der Waals surface area contributed by atoms with E-state index in [1.807, 2.05) is 62.4 Å². The van der Waals surface area contributed by atoms with E-state index >= 15 is 0 Å². The number of unbranched alkanes of at least 4 members (excludes halogenated alkanes) is 22. The minimum atomic E-state index is -1.26. The SMILES string of the molecule is CCCCCCC(C)Oc1ccc(C(=O)Oc2ccc(-c3ccc(OCCCCCCCCCCC[Si](C)(C)[Si](C)(C)[Si](C)(C)CCCCCCCCCCCOc4ccc(-c5ccc(OC(=O)c6ccc(OC(C)CCCCCC)c(F)c6)cc5)cc4)cc3)cc2)cc1F. The van der Waals surface area contributed by atoms with E-state index in [0.717, 1.165) is 98.3 Å². The standard InChI is InChI=1S/C82H118F2O8Si3/c1-11-13-15-31-37-65(3)89-79-57-47-71(63-77(79)83)81(85)91-75-53-43-69(44-54-75)67-39-49-73(50-40-67)87-59-33-27-23-19-17-21-25-29-35-61-93(5,6)95(9,10)94(7,8)62-36-30-26-22-18-20-24-28-34-60-88-74-51-41-68(42-52-74)70-45-55-76(56-46-70)92-82(86)72-48-58-80(78(84)64-72)90-66(4)38-32-16-14-12-2/h39-58,63-66H,11-38,59-62H2,1-10H3.